The number of amides is 1. The second-order valence-electron chi connectivity index (χ2n) is 4.00. The highest BCUT2D eigenvalue weighted by Crippen LogP contribution is 2.02. The molecule has 0 saturated carbocycles. The maximum absolute atomic E-state index is 11.3. The second kappa shape index (κ2) is 5.65. The monoisotopic (exact) mass is 224 g/mol. The fraction of sp³-hybridized carbons (Fsp3) is 0.636. The molecule has 0 aliphatic rings. The van der Waals surface area contributed by atoms with Crippen LogP contribution < -0.4 is 5.32 Å². The molecule has 0 atom stereocenters. The van der Waals surface area contributed by atoms with Crippen LogP contribution in [0.5, 0.6) is 0 Å². The van der Waals surface area contributed by atoms with E-state index >= 15 is 0 Å². The largest absolute Gasteiger partial charge is 0.348 e. The maximum Gasteiger partial charge on any atom is 0.236 e. The van der Waals surface area contributed by atoms with E-state index in [1.165, 1.54) is 0 Å². The summed E-state index contributed by atoms with van der Waals surface area (Å²) in [5.74, 6) is 0.0814. The normalized spacial score (nSPS) is 10.5. The lowest BCUT2D eigenvalue weighted by atomic mass is 10.3. The van der Waals surface area contributed by atoms with Crippen molar-refractivity contribution < 1.29 is 4.79 Å². The van der Waals surface area contributed by atoms with E-state index in [0.29, 0.717) is 13.1 Å². The van der Waals surface area contributed by atoms with Gasteiger partial charge in [-0.25, -0.2) is 0 Å². The van der Waals surface area contributed by atoms with Crippen LogP contribution in [0, 0.1) is 0 Å². The highest BCUT2D eigenvalue weighted by molar-refractivity contribution is 5.77. The van der Waals surface area contributed by atoms with Gasteiger partial charge in [-0.2, -0.15) is 5.10 Å². The van der Waals surface area contributed by atoms with Crippen molar-refractivity contribution in [1.29, 1.82) is 0 Å². The zero-order valence-corrected chi connectivity index (χ0v) is 10.4. The van der Waals surface area contributed by atoms with Crippen molar-refractivity contribution in [3.05, 3.63) is 17.5 Å². The first kappa shape index (κ1) is 12.7. The molecular weight excluding hydrogens is 204 g/mol. The molecule has 5 heteroatoms. The lowest BCUT2D eigenvalue weighted by Crippen LogP contribution is -2.32. The summed E-state index contributed by atoms with van der Waals surface area (Å²) in [6.45, 7) is 3.11. The van der Waals surface area contributed by atoms with Crippen LogP contribution in [0.2, 0.25) is 0 Å². The predicted molar refractivity (Wildman–Crippen MR) is 63.0 cm³/mol. The van der Waals surface area contributed by atoms with Crippen molar-refractivity contribution in [2.45, 2.75) is 19.9 Å². The Morgan fingerprint density at radius 1 is 1.56 bits per heavy atom. The summed E-state index contributed by atoms with van der Waals surface area (Å²) in [4.78, 5) is 12.9. The van der Waals surface area contributed by atoms with E-state index in [1.807, 2.05) is 11.7 Å². The summed E-state index contributed by atoms with van der Waals surface area (Å²) >= 11 is 0. The molecule has 5 nitrogen and oxygen atoms in total. The molecule has 1 heterocycles. The van der Waals surface area contributed by atoms with Crippen LogP contribution in [-0.4, -0.2) is 41.2 Å². The van der Waals surface area contributed by atoms with E-state index in [-0.39, 0.29) is 5.91 Å². The van der Waals surface area contributed by atoms with E-state index in [1.54, 1.807) is 19.0 Å². The van der Waals surface area contributed by atoms with E-state index in [9.17, 15) is 4.79 Å². The number of rotatable bonds is 5. The van der Waals surface area contributed by atoms with E-state index in [0.717, 1.165) is 17.8 Å². The molecule has 1 N–H and O–H groups in total. The molecule has 1 aromatic rings. The molecule has 0 aromatic carbocycles. The molecule has 0 aliphatic carbocycles. The van der Waals surface area contributed by atoms with Crippen molar-refractivity contribution in [1.82, 2.24) is 20.0 Å². The van der Waals surface area contributed by atoms with Crippen LogP contribution in [-0.2, 0) is 24.8 Å². The number of aromatic nitrogens is 2. The van der Waals surface area contributed by atoms with Crippen molar-refractivity contribution in [2.24, 2.45) is 7.05 Å². The molecule has 0 spiro atoms. The van der Waals surface area contributed by atoms with Gasteiger partial charge < -0.3 is 10.2 Å². The molecule has 0 aliphatic heterocycles. The van der Waals surface area contributed by atoms with Crippen LogP contribution in [0.4, 0.5) is 0 Å². The lowest BCUT2D eigenvalue weighted by Gasteiger charge is -2.10. The molecule has 90 valence electrons. The zero-order valence-electron chi connectivity index (χ0n) is 10.4. The third kappa shape index (κ3) is 3.34. The standard InChI is InChI=1S/C11H20N4O/c1-5-9-6-10(15(4)13-9)7-12-8-11(16)14(2)3/h6,12H,5,7-8H2,1-4H3. The number of nitrogens with zero attached hydrogens (tertiary/aromatic N) is 3. The summed E-state index contributed by atoms with van der Waals surface area (Å²) in [7, 11) is 5.43. The van der Waals surface area contributed by atoms with Gasteiger partial charge in [-0.3, -0.25) is 9.48 Å². The topological polar surface area (TPSA) is 50.2 Å². The Morgan fingerprint density at radius 3 is 2.75 bits per heavy atom. The van der Waals surface area contributed by atoms with Gasteiger partial charge in [0.05, 0.1) is 17.9 Å². The smallest absolute Gasteiger partial charge is 0.236 e. The Bertz CT molecular complexity index is 357. The van der Waals surface area contributed by atoms with Crippen LogP contribution in [0.1, 0.15) is 18.3 Å². The molecular formula is C11H20N4O. The first-order valence-electron chi connectivity index (χ1n) is 5.47. The van der Waals surface area contributed by atoms with Crippen molar-refractivity contribution in [3.8, 4) is 0 Å². The number of nitrogens with one attached hydrogen (secondary N) is 1. The fourth-order valence-electron chi connectivity index (χ4n) is 1.37. The maximum atomic E-state index is 11.3. The molecule has 16 heavy (non-hydrogen) atoms. The number of likely N-dealkylation sites (N-methyl/N-ethyl adjacent to an activating group) is 1. The van der Waals surface area contributed by atoms with Gasteiger partial charge in [0.25, 0.3) is 0 Å². The highest BCUT2D eigenvalue weighted by Gasteiger charge is 2.06. The van der Waals surface area contributed by atoms with Gasteiger partial charge >= 0.3 is 0 Å². The van der Waals surface area contributed by atoms with Gasteiger partial charge in [0.2, 0.25) is 5.91 Å². The summed E-state index contributed by atoms with van der Waals surface area (Å²) in [6, 6.07) is 2.06. The van der Waals surface area contributed by atoms with Crippen molar-refractivity contribution >= 4 is 5.91 Å². The molecule has 0 saturated heterocycles. The third-order valence-electron chi connectivity index (χ3n) is 2.47. The molecule has 0 radical (unpaired) electrons. The predicted octanol–water partition coefficient (Wildman–Crippen LogP) is 0.160. The van der Waals surface area contributed by atoms with Gasteiger partial charge in [0.1, 0.15) is 0 Å². The lowest BCUT2D eigenvalue weighted by molar-refractivity contribution is -0.127. The minimum Gasteiger partial charge on any atom is -0.348 e. The molecule has 0 unspecified atom stereocenters. The van der Waals surface area contributed by atoms with Gasteiger partial charge in [0, 0.05) is 27.7 Å². The van der Waals surface area contributed by atoms with Crippen molar-refractivity contribution in [3.63, 3.8) is 0 Å². The molecule has 1 aromatic heterocycles. The summed E-state index contributed by atoms with van der Waals surface area (Å²) in [5, 5.41) is 7.45. The summed E-state index contributed by atoms with van der Waals surface area (Å²) < 4.78 is 1.85. The fourth-order valence-corrected chi connectivity index (χ4v) is 1.37. The SMILES string of the molecule is CCc1cc(CNCC(=O)N(C)C)n(C)n1. The Labute approximate surface area is 96.4 Å². The van der Waals surface area contributed by atoms with Gasteiger partial charge in [0.15, 0.2) is 0 Å². The van der Waals surface area contributed by atoms with Crippen molar-refractivity contribution in [2.75, 3.05) is 20.6 Å². The Balaban J connectivity index is 2.42. The molecule has 0 bridgehead atoms. The first-order valence-corrected chi connectivity index (χ1v) is 5.47. The average molecular weight is 224 g/mol. The van der Waals surface area contributed by atoms with E-state index in [4.69, 9.17) is 0 Å². The molecule has 1 amide bonds. The number of hydrogen-bond donors (Lipinski definition) is 1. The zero-order chi connectivity index (χ0) is 12.1. The number of hydrogen-bond acceptors (Lipinski definition) is 3. The second-order valence-corrected chi connectivity index (χ2v) is 4.00. The first-order chi connectivity index (χ1) is 7.54. The van der Waals surface area contributed by atoms with Crippen LogP contribution in [0.25, 0.3) is 0 Å². The van der Waals surface area contributed by atoms with Crippen LogP contribution >= 0.6 is 0 Å². The number of aryl methyl sites for hydroxylation is 2. The quantitative estimate of drug-likeness (QED) is 0.775. The van der Waals surface area contributed by atoms with Gasteiger partial charge in [-0.1, -0.05) is 6.92 Å². The van der Waals surface area contributed by atoms with E-state index in [2.05, 4.69) is 23.4 Å². The van der Waals surface area contributed by atoms with E-state index < -0.39 is 0 Å². The van der Waals surface area contributed by atoms with Gasteiger partial charge in [-0.15, -0.1) is 0 Å². The number of carbonyl (C=O) groups excluding carboxylic acids is 1. The third-order valence-corrected chi connectivity index (χ3v) is 2.47. The average Bonchev–Trinajstić information content (AvgIpc) is 2.59. The minimum atomic E-state index is 0.0814. The highest BCUT2D eigenvalue weighted by atomic mass is 16.2. The Kier molecular flexibility index (Phi) is 4.49. The Morgan fingerprint density at radius 2 is 2.25 bits per heavy atom. The summed E-state index contributed by atoms with van der Waals surface area (Å²) in [6.07, 6.45) is 0.935. The minimum absolute atomic E-state index is 0.0814. The van der Waals surface area contributed by atoms with Gasteiger partial charge in [-0.05, 0) is 12.5 Å². The summed E-state index contributed by atoms with van der Waals surface area (Å²) in [5.41, 5.74) is 2.18. The Hall–Kier alpha value is -1.36. The van der Waals surface area contributed by atoms with Crippen LogP contribution in [0.3, 0.4) is 0 Å². The molecule has 1 rings (SSSR count). The number of carbonyl (C=O) groups is 1. The van der Waals surface area contributed by atoms with Crippen LogP contribution in [0.15, 0.2) is 6.07 Å². The molecule has 0 fully saturated rings.